The van der Waals surface area contributed by atoms with Crippen LogP contribution in [0.4, 0.5) is 0 Å². The fraction of sp³-hybridized carbons (Fsp3) is 0.592. The van der Waals surface area contributed by atoms with Gasteiger partial charge in [-0.3, -0.25) is 4.98 Å². The fourth-order valence-corrected chi connectivity index (χ4v) is 8.57. The van der Waals surface area contributed by atoms with Gasteiger partial charge in [0.1, 0.15) is 11.6 Å². The van der Waals surface area contributed by atoms with E-state index >= 15 is 0 Å². The summed E-state index contributed by atoms with van der Waals surface area (Å²) >= 11 is 0. The highest BCUT2D eigenvalue weighted by molar-refractivity contribution is 5.83. The van der Waals surface area contributed by atoms with Gasteiger partial charge in [0, 0.05) is 34.6 Å². The minimum Gasteiger partial charge on any atom is -0.255 e. The number of unbranched alkanes of at least 4 members (excludes halogenated alkanes) is 11. The van der Waals surface area contributed by atoms with Crippen LogP contribution in [0.5, 0.6) is 0 Å². The molecular formula is C49H70N4. The van der Waals surface area contributed by atoms with Crippen LogP contribution in [-0.4, -0.2) is 19.9 Å². The third-order valence-electron chi connectivity index (χ3n) is 11.9. The van der Waals surface area contributed by atoms with Crippen LogP contribution in [-0.2, 0) is 17.3 Å². The Morgan fingerprint density at radius 1 is 0.604 bits per heavy atom. The van der Waals surface area contributed by atoms with Crippen molar-refractivity contribution in [2.45, 2.75) is 181 Å². The van der Waals surface area contributed by atoms with Gasteiger partial charge < -0.3 is 0 Å². The standard InChI is InChI=1S/C49H70N4/c1-8-12-15-17-19-23-32-49(33-24-20-18-16-13-9-2)42-27-22-21-26-40(42)41-30-28-38(35-43(41)49)44-31-29-39(36-50-44)46-51-45(34-37(11-4)25-14-10-3)52-47(53-46)48(5,6)7/h21-22,26-31,35-37H,8-20,23-25,32-34H2,1-7H3. The number of fused-ring (bicyclic) bond motifs is 3. The molecule has 2 aromatic carbocycles. The van der Waals surface area contributed by atoms with E-state index in [1.54, 1.807) is 5.56 Å². The van der Waals surface area contributed by atoms with Crippen molar-refractivity contribution >= 4 is 0 Å². The third-order valence-corrected chi connectivity index (χ3v) is 11.9. The Morgan fingerprint density at radius 3 is 1.85 bits per heavy atom. The highest BCUT2D eigenvalue weighted by Gasteiger charge is 2.42. The van der Waals surface area contributed by atoms with Gasteiger partial charge in [-0.05, 0) is 59.2 Å². The normalized spacial score (nSPS) is 13.9. The van der Waals surface area contributed by atoms with Gasteiger partial charge in [-0.15, -0.1) is 0 Å². The van der Waals surface area contributed by atoms with Crippen molar-refractivity contribution < 1.29 is 0 Å². The summed E-state index contributed by atoms with van der Waals surface area (Å²) in [5.74, 6) is 3.11. The molecule has 0 amide bonds. The zero-order valence-corrected chi connectivity index (χ0v) is 34.6. The zero-order chi connectivity index (χ0) is 37.7. The Bertz CT molecular complexity index is 1680. The highest BCUT2D eigenvalue weighted by Crippen LogP contribution is 2.55. The lowest BCUT2D eigenvalue weighted by Gasteiger charge is -2.33. The third kappa shape index (κ3) is 10.4. The van der Waals surface area contributed by atoms with Gasteiger partial charge in [-0.2, -0.15) is 0 Å². The van der Waals surface area contributed by atoms with E-state index in [9.17, 15) is 0 Å². The SMILES string of the molecule is CCCCCCCCC1(CCCCCCCC)c2ccccc2-c2ccc(-c3ccc(-c4nc(CC(CC)CCCC)nc(C(C)(C)C)n4)cn3)cc21. The number of pyridine rings is 1. The maximum Gasteiger partial charge on any atom is 0.164 e. The molecule has 4 aromatic rings. The molecule has 4 heteroatoms. The first-order valence-electron chi connectivity index (χ1n) is 21.7. The molecule has 0 saturated heterocycles. The van der Waals surface area contributed by atoms with Gasteiger partial charge in [0.05, 0.1) is 5.69 Å². The first kappa shape index (κ1) is 40.8. The van der Waals surface area contributed by atoms with Gasteiger partial charge in [0.25, 0.3) is 0 Å². The number of rotatable bonds is 22. The van der Waals surface area contributed by atoms with Crippen molar-refractivity contribution in [3.8, 4) is 33.8 Å². The van der Waals surface area contributed by atoms with Crippen LogP contribution in [0.1, 0.15) is 187 Å². The molecular weight excluding hydrogens is 645 g/mol. The lowest BCUT2D eigenvalue weighted by Crippen LogP contribution is -2.25. The van der Waals surface area contributed by atoms with Crippen molar-refractivity contribution in [2.24, 2.45) is 5.92 Å². The molecule has 53 heavy (non-hydrogen) atoms. The maximum atomic E-state index is 5.09. The maximum absolute atomic E-state index is 5.09. The van der Waals surface area contributed by atoms with E-state index < -0.39 is 0 Å². The van der Waals surface area contributed by atoms with Crippen LogP contribution < -0.4 is 0 Å². The summed E-state index contributed by atoms with van der Waals surface area (Å²) in [6, 6.07) is 20.9. The van der Waals surface area contributed by atoms with Gasteiger partial charge in [-0.25, -0.2) is 15.0 Å². The van der Waals surface area contributed by atoms with Crippen molar-refractivity contribution in [2.75, 3.05) is 0 Å². The van der Waals surface area contributed by atoms with Gasteiger partial charge >= 0.3 is 0 Å². The Labute approximate surface area is 323 Å². The summed E-state index contributed by atoms with van der Waals surface area (Å²) in [6.07, 6.45) is 26.1. The van der Waals surface area contributed by atoms with Crippen LogP contribution >= 0.6 is 0 Å². The molecule has 0 radical (unpaired) electrons. The van der Waals surface area contributed by atoms with E-state index in [1.807, 2.05) is 6.20 Å². The van der Waals surface area contributed by atoms with Gasteiger partial charge in [0.2, 0.25) is 0 Å². The lowest BCUT2D eigenvalue weighted by atomic mass is 9.70. The first-order valence-corrected chi connectivity index (χ1v) is 21.7. The van der Waals surface area contributed by atoms with E-state index in [-0.39, 0.29) is 10.8 Å². The largest absolute Gasteiger partial charge is 0.255 e. The minimum atomic E-state index is -0.162. The first-order chi connectivity index (χ1) is 25.7. The Balaban J connectivity index is 1.46. The Morgan fingerprint density at radius 2 is 1.23 bits per heavy atom. The van der Waals surface area contributed by atoms with E-state index in [0.29, 0.717) is 5.92 Å². The summed E-state index contributed by atoms with van der Waals surface area (Å²) in [4.78, 5) is 20.1. The predicted molar refractivity (Wildman–Crippen MR) is 226 cm³/mol. The quantitative estimate of drug-likeness (QED) is 0.0761. The van der Waals surface area contributed by atoms with Crippen LogP contribution in [0.15, 0.2) is 60.8 Å². The summed E-state index contributed by atoms with van der Waals surface area (Å²) < 4.78 is 0. The number of benzene rings is 2. The molecule has 0 aliphatic heterocycles. The van der Waals surface area contributed by atoms with E-state index in [0.717, 1.165) is 41.6 Å². The number of hydrogen-bond donors (Lipinski definition) is 0. The molecule has 286 valence electrons. The zero-order valence-electron chi connectivity index (χ0n) is 34.6. The monoisotopic (exact) mass is 715 g/mol. The van der Waals surface area contributed by atoms with Crippen LogP contribution in [0, 0.1) is 5.92 Å². The minimum absolute atomic E-state index is 0.0650. The molecule has 0 fully saturated rings. The van der Waals surface area contributed by atoms with E-state index in [2.05, 4.69) is 103 Å². The Kier molecular flexibility index (Phi) is 15.2. The number of nitrogens with zero attached hydrogens (tertiary/aromatic N) is 4. The van der Waals surface area contributed by atoms with Crippen LogP contribution in [0.2, 0.25) is 0 Å². The van der Waals surface area contributed by atoms with Crippen LogP contribution in [0.25, 0.3) is 33.8 Å². The smallest absolute Gasteiger partial charge is 0.164 e. The predicted octanol–water partition coefficient (Wildman–Crippen LogP) is 14.4. The molecule has 2 heterocycles. The molecule has 1 unspecified atom stereocenters. The number of aromatic nitrogens is 4. The summed E-state index contributed by atoms with van der Waals surface area (Å²) in [5, 5.41) is 0. The molecule has 0 spiro atoms. The van der Waals surface area contributed by atoms with Crippen molar-refractivity contribution in [1.82, 2.24) is 19.9 Å². The second-order valence-electron chi connectivity index (χ2n) is 17.1. The summed E-state index contributed by atoms with van der Waals surface area (Å²) in [6.45, 7) is 15.8. The van der Waals surface area contributed by atoms with E-state index in [4.69, 9.17) is 19.9 Å². The van der Waals surface area contributed by atoms with Crippen LogP contribution in [0.3, 0.4) is 0 Å². The average Bonchev–Trinajstić information content (AvgIpc) is 3.44. The van der Waals surface area contributed by atoms with Crippen molar-refractivity contribution in [3.05, 3.63) is 83.6 Å². The lowest BCUT2D eigenvalue weighted by molar-refractivity contribution is 0.398. The highest BCUT2D eigenvalue weighted by atomic mass is 15.0. The fourth-order valence-electron chi connectivity index (χ4n) is 8.57. The summed E-state index contributed by atoms with van der Waals surface area (Å²) in [7, 11) is 0. The molecule has 1 aliphatic rings. The van der Waals surface area contributed by atoms with Gasteiger partial charge in [-0.1, -0.05) is 188 Å². The molecule has 1 aliphatic carbocycles. The summed E-state index contributed by atoms with van der Waals surface area (Å²) in [5.41, 5.74) is 9.01. The van der Waals surface area contributed by atoms with Crippen molar-refractivity contribution in [1.29, 1.82) is 0 Å². The average molecular weight is 715 g/mol. The topological polar surface area (TPSA) is 51.6 Å². The molecule has 0 bridgehead atoms. The molecule has 1 atom stereocenters. The molecule has 5 rings (SSSR count). The molecule has 2 aromatic heterocycles. The molecule has 0 saturated carbocycles. The van der Waals surface area contributed by atoms with Gasteiger partial charge in [0.15, 0.2) is 5.82 Å². The Hall–Kier alpha value is -3.40. The van der Waals surface area contributed by atoms with Crippen molar-refractivity contribution in [3.63, 3.8) is 0 Å². The second kappa shape index (κ2) is 19.8. The van der Waals surface area contributed by atoms with E-state index in [1.165, 1.54) is 131 Å². The molecule has 4 nitrogen and oxygen atoms in total. The number of hydrogen-bond acceptors (Lipinski definition) is 4. The molecule has 0 N–H and O–H groups in total. The second-order valence-corrected chi connectivity index (χ2v) is 17.1.